The van der Waals surface area contributed by atoms with Crippen molar-refractivity contribution in [1.82, 2.24) is 0 Å². The minimum absolute atomic E-state index is 0.0774. The summed E-state index contributed by atoms with van der Waals surface area (Å²) in [5, 5.41) is 0. The Hall–Kier alpha value is -0.610. The van der Waals surface area contributed by atoms with Crippen molar-refractivity contribution in [3.8, 4) is 0 Å². The molecule has 0 fully saturated rings. The van der Waals surface area contributed by atoms with E-state index in [1.54, 1.807) is 7.11 Å². The molecule has 0 unspecified atom stereocenters. The summed E-state index contributed by atoms with van der Waals surface area (Å²) in [6, 6.07) is 0. The van der Waals surface area contributed by atoms with E-state index in [9.17, 15) is 4.79 Å². The Bertz CT molecular complexity index is 281. The second kappa shape index (κ2) is 10.2. The van der Waals surface area contributed by atoms with E-state index in [1.165, 1.54) is 6.92 Å². The lowest BCUT2D eigenvalue weighted by Gasteiger charge is -2.35. The van der Waals surface area contributed by atoms with Crippen LogP contribution in [-0.4, -0.2) is 39.5 Å². The predicted molar refractivity (Wildman–Crippen MR) is 85.4 cm³/mol. The molecule has 0 atom stereocenters. The molecule has 126 valence electrons. The average Bonchev–Trinajstić information content (AvgIpc) is 2.50. The highest BCUT2D eigenvalue weighted by molar-refractivity contribution is 5.65. The van der Waals surface area contributed by atoms with Crippen LogP contribution in [0.15, 0.2) is 0 Å². The highest BCUT2D eigenvalue weighted by atomic mass is 16.5. The molecule has 0 aromatic rings. The minimum atomic E-state index is -0.225. The first kappa shape index (κ1) is 20.4. The maximum Gasteiger partial charge on any atom is 0.302 e. The molecular weight excluding hydrogens is 268 g/mol. The summed E-state index contributed by atoms with van der Waals surface area (Å²) in [4.78, 5) is 11.1. The van der Waals surface area contributed by atoms with Crippen LogP contribution in [0.25, 0.3) is 0 Å². The second-order valence-electron chi connectivity index (χ2n) is 6.12. The molecule has 0 heterocycles. The summed E-state index contributed by atoms with van der Waals surface area (Å²) in [5.41, 5.74) is 0.00930. The lowest BCUT2D eigenvalue weighted by atomic mass is 9.82. The summed E-state index contributed by atoms with van der Waals surface area (Å²) in [6.45, 7) is 12.5. The van der Waals surface area contributed by atoms with Crippen molar-refractivity contribution >= 4 is 5.97 Å². The minimum Gasteiger partial charge on any atom is -0.465 e. The van der Waals surface area contributed by atoms with Gasteiger partial charge in [-0.3, -0.25) is 4.79 Å². The van der Waals surface area contributed by atoms with Gasteiger partial charge in [-0.15, -0.1) is 0 Å². The van der Waals surface area contributed by atoms with Gasteiger partial charge < -0.3 is 14.2 Å². The van der Waals surface area contributed by atoms with E-state index >= 15 is 0 Å². The molecule has 0 aliphatic heterocycles. The Kier molecular flexibility index (Phi) is 9.88. The average molecular weight is 302 g/mol. The fraction of sp³-hybridized carbons (Fsp3) is 0.941. The lowest BCUT2D eigenvalue weighted by Crippen LogP contribution is -2.36. The van der Waals surface area contributed by atoms with Crippen molar-refractivity contribution in [3.05, 3.63) is 0 Å². The molecule has 0 rings (SSSR count). The molecule has 0 saturated heterocycles. The van der Waals surface area contributed by atoms with Crippen molar-refractivity contribution in [2.45, 2.75) is 60.3 Å². The monoisotopic (exact) mass is 302 g/mol. The number of hydrogen-bond acceptors (Lipinski definition) is 4. The van der Waals surface area contributed by atoms with Gasteiger partial charge in [0, 0.05) is 24.9 Å². The largest absolute Gasteiger partial charge is 0.465 e. The van der Waals surface area contributed by atoms with Crippen molar-refractivity contribution in [3.63, 3.8) is 0 Å². The number of esters is 1. The van der Waals surface area contributed by atoms with Gasteiger partial charge in [0.25, 0.3) is 0 Å². The standard InChI is InChI=1S/C17H34O4/c1-7-16(8-2,11-19-6)12-20-13-17(9-3,10-4)14-21-15(5)18/h7-14H2,1-6H3. The molecule has 0 bridgehead atoms. The molecule has 0 aromatic heterocycles. The fourth-order valence-corrected chi connectivity index (χ4v) is 2.44. The number of rotatable bonds is 12. The third-order valence-corrected chi connectivity index (χ3v) is 4.85. The Balaban J connectivity index is 4.56. The number of methoxy groups -OCH3 is 1. The van der Waals surface area contributed by atoms with Crippen molar-refractivity contribution < 1.29 is 19.0 Å². The van der Waals surface area contributed by atoms with Crippen LogP contribution in [0.3, 0.4) is 0 Å². The molecular formula is C17H34O4. The van der Waals surface area contributed by atoms with Crippen LogP contribution >= 0.6 is 0 Å². The first-order chi connectivity index (χ1) is 9.93. The topological polar surface area (TPSA) is 44.8 Å². The zero-order valence-corrected chi connectivity index (χ0v) is 14.8. The first-order valence-electron chi connectivity index (χ1n) is 8.13. The van der Waals surface area contributed by atoms with Crippen LogP contribution in [0.1, 0.15) is 60.3 Å². The van der Waals surface area contributed by atoms with Crippen LogP contribution < -0.4 is 0 Å². The third kappa shape index (κ3) is 6.79. The Morgan fingerprint density at radius 3 is 1.57 bits per heavy atom. The highest BCUT2D eigenvalue weighted by Gasteiger charge is 2.31. The van der Waals surface area contributed by atoms with Gasteiger partial charge in [-0.2, -0.15) is 0 Å². The van der Waals surface area contributed by atoms with Crippen LogP contribution in [0.4, 0.5) is 0 Å². The molecule has 4 nitrogen and oxygen atoms in total. The third-order valence-electron chi connectivity index (χ3n) is 4.85. The lowest BCUT2D eigenvalue weighted by molar-refractivity contribution is -0.147. The van der Waals surface area contributed by atoms with Crippen LogP contribution in [-0.2, 0) is 19.0 Å². The number of hydrogen-bond donors (Lipinski definition) is 0. The summed E-state index contributed by atoms with van der Waals surface area (Å²) in [5.74, 6) is -0.225. The normalized spacial score (nSPS) is 12.5. The Morgan fingerprint density at radius 1 is 0.810 bits per heavy atom. The molecule has 0 aliphatic rings. The predicted octanol–water partition coefficient (Wildman–Crippen LogP) is 3.83. The van der Waals surface area contributed by atoms with Crippen molar-refractivity contribution in [2.24, 2.45) is 10.8 Å². The van der Waals surface area contributed by atoms with Crippen LogP contribution in [0.5, 0.6) is 0 Å². The quantitative estimate of drug-likeness (QED) is 0.514. The van der Waals surface area contributed by atoms with E-state index in [1.807, 2.05) is 0 Å². The Morgan fingerprint density at radius 2 is 1.24 bits per heavy atom. The number of carbonyl (C=O) groups is 1. The van der Waals surface area contributed by atoms with Gasteiger partial charge in [0.2, 0.25) is 0 Å². The summed E-state index contributed by atoms with van der Waals surface area (Å²) >= 11 is 0. The van der Waals surface area contributed by atoms with E-state index in [0.29, 0.717) is 19.8 Å². The van der Waals surface area contributed by atoms with E-state index in [2.05, 4.69) is 27.7 Å². The molecule has 0 amide bonds. The molecule has 21 heavy (non-hydrogen) atoms. The molecule has 0 N–H and O–H groups in total. The van der Waals surface area contributed by atoms with Gasteiger partial charge in [0.05, 0.1) is 26.4 Å². The van der Waals surface area contributed by atoms with Gasteiger partial charge in [-0.05, 0) is 25.7 Å². The maximum atomic E-state index is 11.1. The van der Waals surface area contributed by atoms with E-state index in [4.69, 9.17) is 14.2 Å². The van der Waals surface area contributed by atoms with Gasteiger partial charge in [0.15, 0.2) is 0 Å². The summed E-state index contributed by atoms with van der Waals surface area (Å²) < 4.78 is 16.6. The molecule has 0 spiro atoms. The van der Waals surface area contributed by atoms with Gasteiger partial charge in [0.1, 0.15) is 0 Å². The summed E-state index contributed by atoms with van der Waals surface area (Å²) in [7, 11) is 1.74. The second-order valence-corrected chi connectivity index (χ2v) is 6.12. The Labute approximate surface area is 130 Å². The molecule has 0 aromatic carbocycles. The zero-order chi connectivity index (χ0) is 16.4. The van der Waals surface area contributed by atoms with Crippen molar-refractivity contribution in [2.75, 3.05) is 33.5 Å². The van der Waals surface area contributed by atoms with E-state index in [-0.39, 0.29) is 16.8 Å². The molecule has 0 aliphatic carbocycles. The number of ether oxygens (including phenoxy) is 3. The zero-order valence-electron chi connectivity index (χ0n) is 14.8. The number of carbonyl (C=O) groups excluding carboxylic acids is 1. The maximum absolute atomic E-state index is 11.1. The summed E-state index contributed by atoms with van der Waals surface area (Å²) in [6.07, 6.45) is 3.94. The molecule has 0 saturated carbocycles. The van der Waals surface area contributed by atoms with Gasteiger partial charge in [-0.25, -0.2) is 0 Å². The smallest absolute Gasteiger partial charge is 0.302 e. The fourth-order valence-electron chi connectivity index (χ4n) is 2.44. The van der Waals surface area contributed by atoms with Gasteiger partial charge in [-0.1, -0.05) is 27.7 Å². The SMILES string of the molecule is CCC(CC)(COC)COCC(CC)(CC)COC(C)=O. The van der Waals surface area contributed by atoms with E-state index in [0.717, 1.165) is 32.3 Å². The van der Waals surface area contributed by atoms with E-state index < -0.39 is 0 Å². The highest BCUT2D eigenvalue weighted by Crippen LogP contribution is 2.31. The first-order valence-corrected chi connectivity index (χ1v) is 8.13. The molecule has 4 heteroatoms. The van der Waals surface area contributed by atoms with Crippen LogP contribution in [0, 0.1) is 10.8 Å². The van der Waals surface area contributed by atoms with Crippen LogP contribution in [0.2, 0.25) is 0 Å². The van der Waals surface area contributed by atoms with Crippen molar-refractivity contribution in [1.29, 1.82) is 0 Å². The molecule has 0 radical (unpaired) electrons. The van der Waals surface area contributed by atoms with Gasteiger partial charge >= 0.3 is 5.97 Å².